The first-order chi connectivity index (χ1) is 12.2. The lowest BCUT2D eigenvalue weighted by atomic mass is 10.2. The number of rotatable bonds is 5. The minimum atomic E-state index is 0.207. The smallest absolute Gasteiger partial charge is 0.139 e. The van der Waals surface area contributed by atoms with Crippen LogP contribution in [0.1, 0.15) is 36.3 Å². The van der Waals surface area contributed by atoms with Crippen LogP contribution in [-0.4, -0.2) is 47.4 Å². The van der Waals surface area contributed by atoms with Gasteiger partial charge in [0.15, 0.2) is 0 Å². The molecule has 7 heteroatoms. The van der Waals surface area contributed by atoms with Crippen molar-refractivity contribution < 1.29 is 9.26 Å². The van der Waals surface area contributed by atoms with E-state index in [0.717, 1.165) is 61.3 Å². The standard InChI is InChI=1S/C18H25N5O2/c1-13-16(14(2)25-21-13)11-24-15-5-8-23(10-15)18-9-17(19-12-20-18)22-6-3-4-7-22/h9,12,15H,3-8,10-11H2,1-2H3. The first-order valence-electron chi connectivity index (χ1n) is 9.06. The molecule has 134 valence electrons. The summed E-state index contributed by atoms with van der Waals surface area (Å²) in [5.74, 6) is 2.89. The van der Waals surface area contributed by atoms with Gasteiger partial charge in [0.05, 0.1) is 18.4 Å². The highest BCUT2D eigenvalue weighted by atomic mass is 16.5. The Labute approximate surface area is 148 Å². The zero-order chi connectivity index (χ0) is 17.2. The zero-order valence-electron chi connectivity index (χ0n) is 14.9. The van der Waals surface area contributed by atoms with Crippen LogP contribution in [0.4, 0.5) is 11.6 Å². The third kappa shape index (κ3) is 3.46. The van der Waals surface area contributed by atoms with Crippen molar-refractivity contribution in [2.45, 2.75) is 45.8 Å². The van der Waals surface area contributed by atoms with Gasteiger partial charge in [0.25, 0.3) is 0 Å². The number of aromatic nitrogens is 3. The molecular formula is C18H25N5O2. The Kier molecular flexibility index (Phi) is 4.57. The summed E-state index contributed by atoms with van der Waals surface area (Å²) in [7, 11) is 0. The molecule has 0 bridgehead atoms. The molecule has 0 amide bonds. The molecule has 2 fully saturated rings. The largest absolute Gasteiger partial charge is 0.371 e. The Morgan fingerprint density at radius 3 is 2.60 bits per heavy atom. The maximum absolute atomic E-state index is 6.10. The van der Waals surface area contributed by atoms with Crippen molar-refractivity contribution in [2.75, 3.05) is 36.0 Å². The number of nitrogens with zero attached hydrogens (tertiary/aromatic N) is 5. The summed E-state index contributed by atoms with van der Waals surface area (Å²) < 4.78 is 11.3. The summed E-state index contributed by atoms with van der Waals surface area (Å²) in [4.78, 5) is 13.5. The summed E-state index contributed by atoms with van der Waals surface area (Å²) in [6, 6.07) is 2.11. The molecule has 0 saturated carbocycles. The molecule has 2 aliphatic heterocycles. The summed E-state index contributed by atoms with van der Waals surface area (Å²) in [5, 5.41) is 3.98. The highest BCUT2D eigenvalue weighted by Gasteiger charge is 2.26. The van der Waals surface area contributed by atoms with Gasteiger partial charge in [-0.3, -0.25) is 0 Å². The molecule has 0 spiro atoms. The highest BCUT2D eigenvalue weighted by molar-refractivity contribution is 5.51. The van der Waals surface area contributed by atoms with E-state index >= 15 is 0 Å². The quantitative estimate of drug-likeness (QED) is 0.826. The van der Waals surface area contributed by atoms with E-state index in [1.807, 2.05) is 13.8 Å². The molecule has 0 radical (unpaired) electrons. The van der Waals surface area contributed by atoms with Crippen molar-refractivity contribution in [1.82, 2.24) is 15.1 Å². The van der Waals surface area contributed by atoms with Crippen molar-refractivity contribution in [2.24, 2.45) is 0 Å². The second-order valence-corrected chi connectivity index (χ2v) is 6.90. The fraction of sp³-hybridized carbons (Fsp3) is 0.611. The Hall–Kier alpha value is -2.15. The molecule has 0 aliphatic carbocycles. The summed E-state index contributed by atoms with van der Waals surface area (Å²) >= 11 is 0. The van der Waals surface area contributed by atoms with Crippen molar-refractivity contribution in [3.63, 3.8) is 0 Å². The monoisotopic (exact) mass is 343 g/mol. The number of hydrogen-bond acceptors (Lipinski definition) is 7. The van der Waals surface area contributed by atoms with Crippen LogP contribution in [0.15, 0.2) is 16.9 Å². The number of ether oxygens (including phenoxy) is 1. The Balaban J connectivity index is 1.36. The van der Waals surface area contributed by atoms with Gasteiger partial charge in [0.1, 0.15) is 23.7 Å². The summed E-state index contributed by atoms with van der Waals surface area (Å²) in [5.41, 5.74) is 1.98. The predicted octanol–water partition coefficient (Wildman–Crippen LogP) is 2.48. The fourth-order valence-electron chi connectivity index (χ4n) is 3.61. The van der Waals surface area contributed by atoms with E-state index in [1.54, 1.807) is 6.33 Å². The molecule has 4 heterocycles. The first-order valence-corrected chi connectivity index (χ1v) is 9.06. The lowest BCUT2D eigenvalue weighted by Gasteiger charge is -2.21. The molecule has 7 nitrogen and oxygen atoms in total. The minimum Gasteiger partial charge on any atom is -0.371 e. The molecule has 0 aromatic carbocycles. The van der Waals surface area contributed by atoms with E-state index in [-0.39, 0.29) is 6.10 Å². The molecule has 2 saturated heterocycles. The van der Waals surface area contributed by atoms with Crippen molar-refractivity contribution in [3.8, 4) is 0 Å². The van der Waals surface area contributed by atoms with Gasteiger partial charge in [-0.1, -0.05) is 5.16 Å². The van der Waals surface area contributed by atoms with Gasteiger partial charge in [-0.05, 0) is 33.1 Å². The van der Waals surface area contributed by atoms with Crippen LogP contribution in [-0.2, 0) is 11.3 Å². The second kappa shape index (κ2) is 7.00. The lowest BCUT2D eigenvalue weighted by Crippen LogP contribution is -2.25. The lowest BCUT2D eigenvalue weighted by molar-refractivity contribution is 0.0544. The zero-order valence-corrected chi connectivity index (χ0v) is 14.9. The minimum absolute atomic E-state index is 0.207. The van der Waals surface area contributed by atoms with Gasteiger partial charge in [0.2, 0.25) is 0 Å². The van der Waals surface area contributed by atoms with Gasteiger partial charge < -0.3 is 19.1 Å². The molecule has 2 aromatic heterocycles. The molecule has 1 unspecified atom stereocenters. The molecule has 2 aliphatic rings. The van der Waals surface area contributed by atoms with Gasteiger partial charge in [0, 0.05) is 37.8 Å². The maximum Gasteiger partial charge on any atom is 0.139 e. The Morgan fingerprint density at radius 2 is 1.88 bits per heavy atom. The van der Waals surface area contributed by atoms with Gasteiger partial charge in [-0.2, -0.15) is 0 Å². The van der Waals surface area contributed by atoms with E-state index in [2.05, 4.69) is 31.0 Å². The van der Waals surface area contributed by atoms with Crippen LogP contribution in [0.25, 0.3) is 0 Å². The van der Waals surface area contributed by atoms with Crippen LogP contribution in [0.5, 0.6) is 0 Å². The van der Waals surface area contributed by atoms with E-state index in [1.165, 1.54) is 12.8 Å². The van der Waals surface area contributed by atoms with Crippen LogP contribution in [0.2, 0.25) is 0 Å². The molecule has 2 aromatic rings. The number of hydrogen-bond donors (Lipinski definition) is 0. The summed E-state index contributed by atoms with van der Waals surface area (Å²) in [6.45, 7) is 8.46. The van der Waals surface area contributed by atoms with Crippen LogP contribution >= 0.6 is 0 Å². The fourth-order valence-corrected chi connectivity index (χ4v) is 3.61. The molecular weight excluding hydrogens is 318 g/mol. The van der Waals surface area contributed by atoms with Crippen LogP contribution in [0, 0.1) is 13.8 Å². The van der Waals surface area contributed by atoms with E-state index in [9.17, 15) is 0 Å². The van der Waals surface area contributed by atoms with Crippen molar-refractivity contribution in [3.05, 3.63) is 29.4 Å². The van der Waals surface area contributed by atoms with E-state index < -0.39 is 0 Å². The number of aryl methyl sites for hydroxylation is 2. The third-order valence-corrected chi connectivity index (χ3v) is 5.18. The van der Waals surface area contributed by atoms with Crippen LogP contribution < -0.4 is 9.80 Å². The average Bonchev–Trinajstić information content (AvgIpc) is 3.36. The normalized spacial score (nSPS) is 20.6. The third-order valence-electron chi connectivity index (χ3n) is 5.18. The second-order valence-electron chi connectivity index (χ2n) is 6.90. The van der Waals surface area contributed by atoms with E-state index in [4.69, 9.17) is 9.26 Å². The summed E-state index contributed by atoms with van der Waals surface area (Å²) in [6.07, 6.45) is 5.40. The molecule has 4 rings (SSSR count). The van der Waals surface area contributed by atoms with Crippen LogP contribution in [0.3, 0.4) is 0 Å². The topological polar surface area (TPSA) is 67.5 Å². The van der Waals surface area contributed by atoms with Crippen molar-refractivity contribution >= 4 is 11.6 Å². The molecule has 25 heavy (non-hydrogen) atoms. The van der Waals surface area contributed by atoms with Gasteiger partial charge >= 0.3 is 0 Å². The van der Waals surface area contributed by atoms with E-state index in [0.29, 0.717) is 6.61 Å². The van der Waals surface area contributed by atoms with Gasteiger partial charge in [-0.15, -0.1) is 0 Å². The van der Waals surface area contributed by atoms with Gasteiger partial charge in [-0.25, -0.2) is 9.97 Å². The molecule has 0 N–H and O–H groups in total. The Morgan fingerprint density at radius 1 is 1.12 bits per heavy atom. The average molecular weight is 343 g/mol. The van der Waals surface area contributed by atoms with Crippen molar-refractivity contribution in [1.29, 1.82) is 0 Å². The number of anilines is 2. The maximum atomic E-state index is 6.10. The molecule has 1 atom stereocenters. The Bertz CT molecular complexity index is 707. The first kappa shape index (κ1) is 16.3. The highest BCUT2D eigenvalue weighted by Crippen LogP contribution is 2.25. The predicted molar refractivity (Wildman–Crippen MR) is 94.9 cm³/mol. The SMILES string of the molecule is Cc1noc(C)c1COC1CCN(c2cc(N3CCCC3)ncn2)C1.